The molecule has 1 heteroatoms. The Morgan fingerprint density at radius 2 is 1.88 bits per heavy atom. The topological polar surface area (TPSA) is 12.0 Å². The predicted molar refractivity (Wildman–Crippen MR) is 104 cm³/mol. The number of aryl methyl sites for hydroxylation is 1. The molecule has 2 aromatic rings. The van der Waals surface area contributed by atoms with Gasteiger partial charge < -0.3 is 5.32 Å². The lowest BCUT2D eigenvalue weighted by atomic mass is 9.96. The predicted octanol–water partition coefficient (Wildman–Crippen LogP) is 5.79. The third-order valence-corrected chi connectivity index (χ3v) is 4.63. The van der Waals surface area contributed by atoms with Gasteiger partial charge in [-0.15, -0.1) is 5.73 Å². The van der Waals surface area contributed by atoms with E-state index in [1.807, 2.05) is 12.2 Å². The Morgan fingerprint density at radius 1 is 1.04 bits per heavy atom. The number of allylic oxidation sites excluding steroid dienone is 5. The Bertz CT molecular complexity index is 832. The first-order valence-electron chi connectivity index (χ1n) is 8.75. The molecular formula is C23H25N. The first kappa shape index (κ1) is 16.5. The SMILES string of the molecule is Cc1ccc([C@@H](C)NCCCC2=CC=C=CC=C2)c2ccccc12. The van der Waals surface area contributed by atoms with Crippen LogP contribution in [0.25, 0.3) is 10.8 Å². The number of hydrogen-bond donors (Lipinski definition) is 1. The van der Waals surface area contributed by atoms with E-state index in [1.54, 1.807) is 0 Å². The second-order valence-corrected chi connectivity index (χ2v) is 6.40. The Kier molecular flexibility index (Phi) is 5.48. The van der Waals surface area contributed by atoms with Crippen molar-refractivity contribution in [3.63, 3.8) is 0 Å². The molecule has 0 spiro atoms. The van der Waals surface area contributed by atoms with Crippen molar-refractivity contribution >= 4 is 10.8 Å². The van der Waals surface area contributed by atoms with Crippen molar-refractivity contribution in [1.82, 2.24) is 5.32 Å². The van der Waals surface area contributed by atoms with Gasteiger partial charge in [0.1, 0.15) is 0 Å². The van der Waals surface area contributed by atoms with Gasteiger partial charge in [0, 0.05) is 6.04 Å². The zero-order valence-electron chi connectivity index (χ0n) is 14.5. The van der Waals surface area contributed by atoms with E-state index in [-0.39, 0.29) is 0 Å². The van der Waals surface area contributed by atoms with Gasteiger partial charge in [-0.1, -0.05) is 54.6 Å². The lowest BCUT2D eigenvalue weighted by molar-refractivity contribution is 0.561. The first-order valence-corrected chi connectivity index (χ1v) is 8.75. The lowest BCUT2D eigenvalue weighted by Crippen LogP contribution is -2.20. The summed E-state index contributed by atoms with van der Waals surface area (Å²) in [6.45, 7) is 5.46. The number of hydrogen-bond acceptors (Lipinski definition) is 1. The van der Waals surface area contributed by atoms with E-state index >= 15 is 0 Å². The summed E-state index contributed by atoms with van der Waals surface area (Å²) in [5.74, 6) is 0. The Hall–Kier alpha value is -2.34. The fourth-order valence-electron chi connectivity index (χ4n) is 3.23. The van der Waals surface area contributed by atoms with Gasteiger partial charge in [-0.3, -0.25) is 0 Å². The lowest BCUT2D eigenvalue weighted by Gasteiger charge is -2.17. The summed E-state index contributed by atoms with van der Waals surface area (Å²) in [4.78, 5) is 0. The highest BCUT2D eigenvalue weighted by molar-refractivity contribution is 5.88. The normalized spacial score (nSPS) is 14.7. The second-order valence-electron chi connectivity index (χ2n) is 6.40. The maximum Gasteiger partial charge on any atom is 0.0297 e. The summed E-state index contributed by atoms with van der Waals surface area (Å²) < 4.78 is 0. The van der Waals surface area contributed by atoms with Gasteiger partial charge in [0.05, 0.1) is 0 Å². The molecule has 1 atom stereocenters. The van der Waals surface area contributed by atoms with E-state index in [0.717, 1.165) is 19.4 Å². The highest BCUT2D eigenvalue weighted by Crippen LogP contribution is 2.26. The number of nitrogens with one attached hydrogen (secondary N) is 1. The average Bonchev–Trinajstić information content (AvgIpc) is 2.88. The molecule has 24 heavy (non-hydrogen) atoms. The molecule has 2 aromatic carbocycles. The molecule has 122 valence electrons. The van der Waals surface area contributed by atoms with Crippen LogP contribution in [-0.2, 0) is 0 Å². The van der Waals surface area contributed by atoms with Crippen LogP contribution in [0.15, 0.2) is 78.1 Å². The van der Waals surface area contributed by atoms with Crippen molar-refractivity contribution in [3.05, 3.63) is 89.2 Å². The molecule has 0 aromatic heterocycles. The molecule has 0 saturated heterocycles. The minimum absolute atomic E-state index is 0.357. The Balaban J connectivity index is 1.60. The van der Waals surface area contributed by atoms with E-state index in [0.29, 0.717) is 6.04 Å². The molecule has 1 aliphatic carbocycles. The fraction of sp³-hybridized carbons (Fsp3) is 0.261. The largest absolute Gasteiger partial charge is 0.310 e. The van der Waals surface area contributed by atoms with Crippen LogP contribution in [0.3, 0.4) is 0 Å². The molecule has 0 unspecified atom stereocenters. The average molecular weight is 315 g/mol. The molecule has 0 heterocycles. The van der Waals surface area contributed by atoms with Crippen LogP contribution in [0.5, 0.6) is 0 Å². The van der Waals surface area contributed by atoms with Gasteiger partial charge in [0.2, 0.25) is 0 Å². The third kappa shape index (κ3) is 3.94. The quantitative estimate of drug-likeness (QED) is 0.526. The summed E-state index contributed by atoms with van der Waals surface area (Å²) in [6.07, 6.45) is 12.6. The molecule has 0 fully saturated rings. The van der Waals surface area contributed by atoms with Crippen LogP contribution < -0.4 is 5.32 Å². The number of fused-ring (bicyclic) bond motifs is 1. The smallest absolute Gasteiger partial charge is 0.0297 e. The van der Waals surface area contributed by atoms with Gasteiger partial charge in [-0.25, -0.2) is 0 Å². The molecule has 0 amide bonds. The number of benzene rings is 2. The van der Waals surface area contributed by atoms with Crippen LogP contribution in [0.4, 0.5) is 0 Å². The fourth-order valence-corrected chi connectivity index (χ4v) is 3.23. The van der Waals surface area contributed by atoms with Crippen molar-refractivity contribution in [2.75, 3.05) is 6.54 Å². The molecule has 0 aliphatic heterocycles. The molecular weight excluding hydrogens is 290 g/mol. The van der Waals surface area contributed by atoms with E-state index in [1.165, 1.54) is 27.5 Å². The van der Waals surface area contributed by atoms with Crippen molar-refractivity contribution in [3.8, 4) is 0 Å². The van der Waals surface area contributed by atoms with E-state index in [2.05, 4.69) is 79.5 Å². The second kappa shape index (κ2) is 7.97. The van der Waals surface area contributed by atoms with Gasteiger partial charge in [0.15, 0.2) is 0 Å². The van der Waals surface area contributed by atoms with Crippen LogP contribution >= 0.6 is 0 Å². The standard InChI is InChI=1S/C23H25N/c1-18-15-16-22(23-14-8-7-13-21(18)23)19(2)24-17-9-12-20-10-5-3-4-6-11-20/h3,5-8,10-11,13-16,19,24H,9,12,17H2,1-2H3/t19-/m1/s1. The highest BCUT2D eigenvalue weighted by Gasteiger charge is 2.09. The zero-order valence-corrected chi connectivity index (χ0v) is 14.5. The Morgan fingerprint density at radius 3 is 2.75 bits per heavy atom. The summed E-state index contributed by atoms with van der Waals surface area (Å²) >= 11 is 0. The minimum Gasteiger partial charge on any atom is -0.310 e. The van der Waals surface area contributed by atoms with Crippen LogP contribution in [-0.4, -0.2) is 6.54 Å². The highest BCUT2D eigenvalue weighted by atomic mass is 14.9. The van der Waals surface area contributed by atoms with Gasteiger partial charge >= 0.3 is 0 Å². The van der Waals surface area contributed by atoms with E-state index in [9.17, 15) is 0 Å². The summed E-state index contributed by atoms with van der Waals surface area (Å²) in [5.41, 5.74) is 7.20. The molecule has 1 nitrogen and oxygen atoms in total. The van der Waals surface area contributed by atoms with Crippen LogP contribution in [0.2, 0.25) is 0 Å². The van der Waals surface area contributed by atoms with Crippen molar-refractivity contribution in [1.29, 1.82) is 0 Å². The summed E-state index contributed by atoms with van der Waals surface area (Å²) in [7, 11) is 0. The van der Waals surface area contributed by atoms with Crippen molar-refractivity contribution in [2.45, 2.75) is 32.7 Å². The monoisotopic (exact) mass is 315 g/mol. The van der Waals surface area contributed by atoms with Crippen molar-refractivity contribution < 1.29 is 0 Å². The zero-order chi connectivity index (χ0) is 16.8. The molecule has 0 bridgehead atoms. The van der Waals surface area contributed by atoms with E-state index < -0.39 is 0 Å². The number of rotatable bonds is 6. The molecule has 1 aliphatic rings. The first-order chi connectivity index (χ1) is 11.8. The Labute approximate surface area is 145 Å². The van der Waals surface area contributed by atoms with Crippen molar-refractivity contribution in [2.24, 2.45) is 0 Å². The maximum atomic E-state index is 3.68. The van der Waals surface area contributed by atoms with Gasteiger partial charge in [0.25, 0.3) is 0 Å². The van der Waals surface area contributed by atoms with Crippen LogP contribution in [0.1, 0.15) is 36.9 Å². The molecule has 3 rings (SSSR count). The molecule has 0 saturated carbocycles. The summed E-state index contributed by atoms with van der Waals surface area (Å²) in [6, 6.07) is 13.6. The summed E-state index contributed by atoms with van der Waals surface area (Å²) in [5, 5.41) is 6.40. The van der Waals surface area contributed by atoms with Crippen LogP contribution in [0, 0.1) is 6.92 Å². The molecule has 0 radical (unpaired) electrons. The third-order valence-electron chi connectivity index (χ3n) is 4.63. The maximum absolute atomic E-state index is 3.68. The minimum atomic E-state index is 0.357. The van der Waals surface area contributed by atoms with E-state index in [4.69, 9.17) is 0 Å². The molecule has 1 N–H and O–H groups in total. The van der Waals surface area contributed by atoms with Gasteiger partial charge in [-0.05, 0) is 72.9 Å². The van der Waals surface area contributed by atoms with Gasteiger partial charge in [-0.2, -0.15) is 0 Å².